The Morgan fingerprint density at radius 2 is 2.00 bits per heavy atom. The highest BCUT2D eigenvalue weighted by Crippen LogP contribution is 2.23. The topological polar surface area (TPSA) is 34.9 Å². The number of hydrogen-bond donors (Lipinski definition) is 0. The van der Waals surface area contributed by atoms with Crippen LogP contribution in [0.4, 0.5) is 0 Å². The van der Waals surface area contributed by atoms with Gasteiger partial charge in [0.15, 0.2) is 6.29 Å². The minimum Gasteiger partial charge on any atom is -0.298 e. The lowest BCUT2D eigenvalue weighted by molar-refractivity contribution is 0.112. The van der Waals surface area contributed by atoms with Gasteiger partial charge < -0.3 is 0 Å². The third-order valence-electron chi connectivity index (χ3n) is 2.85. The van der Waals surface area contributed by atoms with Crippen LogP contribution in [0.2, 0.25) is 0 Å². The first kappa shape index (κ1) is 11.6. The molecule has 0 atom stereocenters. The van der Waals surface area contributed by atoms with Gasteiger partial charge in [0.2, 0.25) is 0 Å². The Morgan fingerprint density at radius 3 is 2.59 bits per heavy atom. The molecule has 0 aliphatic rings. The third kappa shape index (κ3) is 2.00. The van der Waals surface area contributed by atoms with E-state index in [4.69, 9.17) is 0 Å². The highest BCUT2D eigenvalue weighted by Gasteiger charge is 2.15. The molecule has 0 unspecified atom stereocenters. The summed E-state index contributed by atoms with van der Waals surface area (Å²) < 4.78 is 1.86. The second-order valence-corrected chi connectivity index (χ2v) is 4.46. The predicted molar refractivity (Wildman–Crippen MR) is 67.8 cm³/mol. The molecular formula is C14H16N2O. The van der Waals surface area contributed by atoms with Crippen LogP contribution in [0.15, 0.2) is 30.5 Å². The van der Waals surface area contributed by atoms with Crippen molar-refractivity contribution in [2.45, 2.75) is 26.7 Å². The summed E-state index contributed by atoms with van der Waals surface area (Å²) in [5.74, 6) is 0.261. The lowest BCUT2D eigenvalue weighted by Crippen LogP contribution is -2.06. The summed E-state index contributed by atoms with van der Waals surface area (Å²) in [6.45, 7) is 6.18. The van der Waals surface area contributed by atoms with Gasteiger partial charge in [-0.2, -0.15) is 5.10 Å². The number of rotatable bonds is 3. The molecule has 0 aliphatic heterocycles. The Morgan fingerprint density at radius 1 is 1.29 bits per heavy atom. The summed E-state index contributed by atoms with van der Waals surface area (Å²) in [5, 5.41) is 4.32. The normalized spacial score (nSPS) is 10.8. The minimum atomic E-state index is 0.261. The molecule has 0 N–H and O–H groups in total. The smallest absolute Gasteiger partial charge is 0.153 e. The Labute approximate surface area is 101 Å². The van der Waals surface area contributed by atoms with Gasteiger partial charge in [-0.3, -0.25) is 4.79 Å². The largest absolute Gasteiger partial charge is 0.298 e. The molecule has 88 valence electrons. The van der Waals surface area contributed by atoms with Crippen molar-refractivity contribution < 1.29 is 4.79 Å². The fourth-order valence-electron chi connectivity index (χ4n) is 2.03. The van der Waals surface area contributed by atoms with E-state index in [1.54, 1.807) is 6.20 Å². The van der Waals surface area contributed by atoms with Gasteiger partial charge in [0.05, 0.1) is 23.1 Å². The number of para-hydroxylation sites is 1. The van der Waals surface area contributed by atoms with Gasteiger partial charge in [-0.25, -0.2) is 4.68 Å². The monoisotopic (exact) mass is 228 g/mol. The van der Waals surface area contributed by atoms with Crippen LogP contribution in [0, 0.1) is 6.92 Å². The van der Waals surface area contributed by atoms with E-state index in [9.17, 15) is 4.79 Å². The van der Waals surface area contributed by atoms with E-state index in [2.05, 4.69) is 18.9 Å². The zero-order valence-corrected chi connectivity index (χ0v) is 10.3. The van der Waals surface area contributed by atoms with Crippen LogP contribution in [0.1, 0.15) is 41.4 Å². The maximum atomic E-state index is 11.0. The minimum absolute atomic E-state index is 0.261. The van der Waals surface area contributed by atoms with Gasteiger partial charge in [-0.15, -0.1) is 0 Å². The van der Waals surface area contributed by atoms with E-state index in [0.717, 1.165) is 23.2 Å². The van der Waals surface area contributed by atoms with E-state index < -0.39 is 0 Å². The number of aromatic nitrogens is 2. The summed E-state index contributed by atoms with van der Waals surface area (Å²) in [7, 11) is 0. The van der Waals surface area contributed by atoms with Crippen molar-refractivity contribution in [3.63, 3.8) is 0 Å². The number of carbonyl (C=O) groups excluding carboxylic acids is 1. The van der Waals surface area contributed by atoms with E-state index in [0.29, 0.717) is 5.56 Å². The van der Waals surface area contributed by atoms with Crippen molar-refractivity contribution >= 4 is 6.29 Å². The molecule has 0 saturated heterocycles. The molecule has 2 aromatic rings. The zero-order chi connectivity index (χ0) is 12.4. The number of benzene rings is 1. The van der Waals surface area contributed by atoms with E-state index >= 15 is 0 Å². The molecule has 17 heavy (non-hydrogen) atoms. The van der Waals surface area contributed by atoms with Crippen LogP contribution in [-0.2, 0) is 0 Å². The van der Waals surface area contributed by atoms with Gasteiger partial charge in [0, 0.05) is 0 Å². The van der Waals surface area contributed by atoms with Crippen molar-refractivity contribution in [2.75, 3.05) is 0 Å². The molecule has 1 aromatic carbocycles. The molecular weight excluding hydrogens is 212 g/mol. The number of carbonyl (C=O) groups is 1. The van der Waals surface area contributed by atoms with Crippen LogP contribution in [-0.4, -0.2) is 16.1 Å². The van der Waals surface area contributed by atoms with E-state index in [1.165, 1.54) is 0 Å². The van der Waals surface area contributed by atoms with Crippen LogP contribution in [0.5, 0.6) is 0 Å². The fraction of sp³-hybridized carbons (Fsp3) is 0.286. The van der Waals surface area contributed by atoms with Crippen LogP contribution in [0.25, 0.3) is 5.69 Å². The number of aldehydes is 1. The Kier molecular flexibility index (Phi) is 3.09. The molecule has 3 nitrogen and oxygen atoms in total. The maximum Gasteiger partial charge on any atom is 0.153 e. The SMILES string of the molecule is Cc1ccccc1-n1ncc(C=O)c1C(C)C. The average Bonchev–Trinajstić information content (AvgIpc) is 2.73. The Balaban J connectivity index is 2.64. The van der Waals surface area contributed by atoms with Crippen LogP contribution < -0.4 is 0 Å². The van der Waals surface area contributed by atoms with E-state index in [1.807, 2.05) is 35.9 Å². The van der Waals surface area contributed by atoms with Gasteiger partial charge in [0.1, 0.15) is 0 Å². The van der Waals surface area contributed by atoms with Gasteiger partial charge in [-0.1, -0.05) is 32.0 Å². The summed E-state index contributed by atoms with van der Waals surface area (Å²) in [4.78, 5) is 11.0. The van der Waals surface area contributed by atoms with Gasteiger partial charge in [-0.05, 0) is 24.5 Å². The molecule has 0 amide bonds. The summed E-state index contributed by atoms with van der Waals surface area (Å²) in [6, 6.07) is 8.04. The summed E-state index contributed by atoms with van der Waals surface area (Å²) in [5.41, 5.74) is 3.82. The fourth-order valence-corrected chi connectivity index (χ4v) is 2.03. The average molecular weight is 228 g/mol. The number of hydrogen-bond acceptors (Lipinski definition) is 2. The van der Waals surface area contributed by atoms with Crippen molar-refractivity contribution in [1.29, 1.82) is 0 Å². The second-order valence-electron chi connectivity index (χ2n) is 4.46. The van der Waals surface area contributed by atoms with Crippen molar-refractivity contribution in [3.05, 3.63) is 47.3 Å². The van der Waals surface area contributed by atoms with E-state index in [-0.39, 0.29) is 5.92 Å². The first-order valence-electron chi connectivity index (χ1n) is 5.74. The second kappa shape index (κ2) is 4.53. The Bertz CT molecular complexity index is 541. The van der Waals surface area contributed by atoms with Gasteiger partial charge >= 0.3 is 0 Å². The first-order valence-corrected chi connectivity index (χ1v) is 5.74. The number of aryl methyl sites for hydroxylation is 1. The standard InChI is InChI=1S/C14H16N2O/c1-10(2)14-12(9-17)8-15-16(14)13-7-5-4-6-11(13)3/h4-10H,1-3H3. The lowest BCUT2D eigenvalue weighted by atomic mass is 10.1. The van der Waals surface area contributed by atoms with Gasteiger partial charge in [0.25, 0.3) is 0 Å². The van der Waals surface area contributed by atoms with Crippen molar-refractivity contribution in [1.82, 2.24) is 9.78 Å². The molecule has 0 aliphatic carbocycles. The molecule has 2 rings (SSSR count). The lowest BCUT2D eigenvalue weighted by Gasteiger charge is -2.13. The molecule has 0 spiro atoms. The van der Waals surface area contributed by atoms with Crippen LogP contribution in [0.3, 0.4) is 0 Å². The molecule has 3 heteroatoms. The molecule has 1 heterocycles. The van der Waals surface area contributed by atoms with Crippen molar-refractivity contribution in [3.8, 4) is 5.69 Å². The maximum absolute atomic E-state index is 11.0. The molecule has 0 fully saturated rings. The summed E-state index contributed by atoms with van der Waals surface area (Å²) in [6.07, 6.45) is 2.51. The zero-order valence-electron chi connectivity index (χ0n) is 10.3. The van der Waals surface area contributed by atoms with Crippen molar-refractivity contribution in [2.24, 2.45) is 0 Å². The predicted octanol–water partition coefficient (Wildman–Crippen LogP) is 3.12. The molecule has 1 aromatic heterocycles. The summed E-state index contributed by atoms with van der Waals surface area (Å²) >= 11 is 0. The molecule has 0 bridgehead atoms. The Hall–Kier alpha value is -1.90. The quantitative estimate of drug-likeness (QED) is 0.756. The molecule has 0 saturated carbocycles. The third-order valence-corrected chi connectivity index (χ3v) is 2.85. The number of nitrogens with zero attached hydrogens (tertiary/aromatic N) is 2. The van der Waals surface area contributed by atoms with Crippen LogP contribution >= 0.6 is 0 Å². The first-order chi connectivity index (χ1) is 8.15. The highest BCUT2D eigenvalue weighted by atomic mass is 16.1. The highest BCUT2D eigenvalue weighted by molar-refractivity contribution is 5.76. The molecule has 0 radical (unpaired) electrons.